The van der Waals surface area contributed by atoms with Crippen molar-refractivity contribution in [1.29, 1.82) is 0 Å². The predicted molar refractivity (Wildman–Crippen MR) is 160 cm³/mol. The summed E-state index contributed by atoms with van der Waals surface area (Å²) in [7, 11) is -2.00. The number of halogens is 1. The van der Waals surface area contributed by atoms with Gasteiger partial charge in [0.05, 0.1) is 3.57 Å². The quantitative estimate of drug-likeness (QED) is 0.200. The SMILES string of the molecule is CC(C)(C)[Si](C)(C)Oc1ccc(C[C@H](NC(=O)OCC2c3ccccc3-c3ccccc32)C(=O)O)cc1I. The van der Waals surface area contributed by atoms with E-state index in [1.54, 1.807) is 0 Å². The van der Waals surface area contributed by atoms with Crippen LogP contribution in [-0.2, 0) is 16.0 Å². The van der Waals surface area contributed by atoms with E-state index in [-0.39, 0.29) is 24.0 Å². The van der Waals surface area contributed by atoms with Crippen molar-refractivity contribution in [3.05, 3.63) is 87.0 Å². The number of hydrogen-bond donors (Lipinski definition) is 2. The van der Waals surface area contributed by atoms with Gasteiger partial charge >= 0.3 is 12.1 Å². The Morgan fingerprint density at radius 2 is 1.58 bits per heavy atom. The number of hydrogen-bond acceptors (Lipinski definition) is 4. The van der Waals surface area contributed by atoms with E-state index in [2.05, 4.69) is 73.9 Å². The number of benzene rings is 3. The summed E-state index contributed by atoms with van der Waals surface area (Å²) in [5.41, 5.74) is 5.27. The number of ether oxygens (including phenoxy) is 1. The number of carbonyl (C=O) groups excluding carboxylic acids is 1. The maximum atomic E-state index is 12.7. The Kier molecular flexibility index (Phi) is 8.22. The molecule has 2 N–H and O–H groups in total. The first-order chi connectivity index (χ1) is 17.9. The fraction of sp³-hybridized carbons (Fsp3) is 0.333. The smallest absolute Gasteiger partial charge is 0.407 e. The summed E-state index contributed by atoms with van der Waals surface area (Å²) < 4.78 is 12.9. The van der Waals surface area contributed by atoms with Gasteiger partial charge in [0.15, 0.2) is 0 Å². The van der Waals surface area contributed by atoms with Gasteiger partial charge in [-0.3, -0.25) is 0 Å². The molecule has 0 aromatic heterocycles. The molecule has 3 aromatic carbocycles. The second-order valence-electron chi connectivity index (χ2n) is 11.2. The summed E-state index contributed by atoms with van der Waals surface area (Å²) in [5.74, 6) is -0.404. The summed E-state index contributed by atoms with van der Waals surface area (Å²) >= 11 is 2.22. The van der Waals surface area contributed by atoms with Crippen LogP contribution in [0.4, 0.5) is 4.79 Å². The Bertz CT molecular complexity index is 1300. The molecule has 0 bridgehead atoms. The van der Waals surface area contributed by atoms with Gasteiger partial charge < -0.3 is 19.6 Å². The van der Waals surface area contributed by atoms with E-state index in [9.17, 15) is 14.7 Å². The van der Waals surface area contributed by atoms with E-state index in [0.717, 1.165) is 37.1 Å². The first-order valence-electron chi connectivity index (χ1n) is 12.7. The summed E-state index contributed by atoms with van der Waals surface area (Å²) in [6.45, 7) is 11.1. The lowest BCUT2D eigenvalue weighted by molar-refractivity contribution is -0.139. The lowest BCUT2D eigenvalue weighted by atomic mass is 9.98. The molecule has 6 nitrogen and oxygen atoms in total. The van der Waals surface area contributed by atoms with Crippen LogP contribution in [0.2, 0.25) is 18.1 Å². The van der Waals surface area contributed by atoms with Crippen molar-refractivity contribution in [2.45, 2.75) is 57.3 Å². The van der Waals surface area contributed by atoms with Crippen molar-refractivity contribution in [2.75, 3.05) is 6.61 Å². The number of carboxylic acids is 1. The molecule has 0 fully saturated rings. The molecule has 0 spiro atoms. The van der Waals surface area contributed by atoms with Crippen molar-refractivity contribution < 1.29 is 23.9 Å². The molecule has 0 aliphatic heterocycles. The maximum Gasteiger partial charge on any atom is 0.407 e. The molecular formula is C30H34INO5Si. The van der Waals surface area contributed by atoms with Gasteiger partial charge in [0.25, 0.3) is 8.32 Å². The third kappa shape index (κ3) is 6.07. The van der Waals surface area contributed by atoms with Crippen LogP contribution in [0, 0.1) is 3.57 Å². The Hall–Kier alpha value is -2.85. The van der Waals surface area contributed by atoms with E-state index in [0.29, 0.717) is 0 Å². The van der Waals surface area contributed by atoms with Crippen LogP contribution in [0.3, 0.4) is 0 Å². The Morgan fingerprint density at radius 3 is 2.11 bits per heavy atom. The van der Waals surface area contributed by atoms with E-state index in [1.807, 2.05) is 54.6 Å². The molecule has 8 heteroatoms. The van der Waals surface area contributed by atoms with E-state index >= 15 is 0 Å². The third-order valence-corrected chi connectivity index (χ3v) is 12.7. The number of rotatable bonds is 8. The van der Waals surface area contributed by atoms with Crippen LogP contribution < -0.4 is 9.74 Å². The minimum atomic E-state index is -2.00. The van der Waals surface area contributed by atoms with Crippen molar-refractivity contribution in [3.63, 3.8) is 0 Å². The van der Waals surface area contributed by atoms with Crippen LogP contribution in [0.15, 0.2) is 66.7 Å². The zero-order chi connectivity index (χ0) is 27.7. The third-order valence-electron chi connectivity index (χ3n) is 7.54. The molecule has 1 aliphatic rings. The van der Waals surface area contributed by atoms with Crippen molar-refractivity contribution in [3.8, 4) is 16.9 Å². The topological polar surface area (TPSA) is 84.9 Å². The maximum absolute atomic E-state index is 12.7. The zero-order valence-corrected chi connectivity index (χ0v) is 25.5. The van der Waals surface area contributed by atoms with Crippen LogP contribution >= 0.6 is 22.6 Å². The highest BCUT2D eigenvalue weighted by molar-refractivity contribution is 14.1. The van der Waals surface area contributed by atoms with Gasteiger partial charge in [-0.05, 0) is 80.7 Å². The fourth-order valence-electron chi connectivity index (χ4n) is 4.40. The molecule has 200 valence electrons. The first-order valence-corrected chi connectivity index (χ1v) is 16.7. The molecule has 0 radical (unpaired) electrons. The molecule has 0 saturated carbocycles. The number of fused-ring (bicyclic) bond motifs is 3. The van der Waals surface area contributed by atoms with Gasteiger partial charge in [-0.25, -0.2) is 9.59 Å². The summed E-state index contributed by atoms with van der Waals surface area (Å²) in [4.78, 5) is 24.7. The van der Waals surface area contributed by atoms with Crippen LogP contribution in [0.5, 0.6) is 5.75 Å². The molecule has 3 aromatic rings. The van der Waals surface area contributed by atoms with Crippen LogP contribution in [0.25, 0.3) is 11.1 Å². The van der Waals surface area contributed by atoms with Gasteiger partial charge in [-0.15, -0.1) is 0 Å². The summed E-state index contributed by atoms with van der Waals surface area (Å²) in [6, 6.07) is 20.7. The molecular weight excluding hydrogens is 609 g/mol. The molecule has 0 heterocycles. The fourth-order valence-corrected chi connectivity index (χ4v) is 6.33. The highest BCUT2D eigenvalue weighted by atomic mass is 127. The molecule has 0 saturated heterocycles. The van der Waals surface area contributed by atoms with Crippen molar-refractivity contribution in [1.82, 2.24) is 5.32 Å². The van der Waals surface area contributed by atoms with Crippen LogP contribution in [0.1, 0.15) is 43.4 Å². The average Bonchev–Trinajstić information content (AvgIpc) is 3.17. The van der Waals surface area contributed by atoms with E-state index in [1.165, 1.54) is 0 Å². The number of carbonyl (C=O) groups is 2. The largest absolute Gasteiger partial charge is 0.543 e. The highest BCUT2D eigenvalue weighted by Gasteiger charge is 2.39. The van der Waals surface area contributed by atoms with Gasteiger partial charge in [-0.2, -0.15) is 0 Å². The number of amides is 1. The van der Waals surface area contributed by atoms with E-state index in [4.69, 9.17) is 9.16 Å². The molecule has 38 heavy (non-hydrogen) atoms. The monoisotopic (exact) mass is 643 g/mol. The number of aliphatic carboxylic acids is 1. The zero-order valence-electron chi connectivity index (χ0n) is 22.4. The molecule has 1 aliphatic carbocycles. The van der Waals surface area contributed by atoms with E-state index < -0.39 is 26.4 Å². The molecule has 4 rings (SSSR count). The predicted octanol–water partition coefficient (Wildman–Crippen LogP) is 7.21. The number of alkyl carbamates (subject to hydrolysis) is 1. The first kappa shape index (κ1) is 28.2. The Labute approximate surface area is 239 Å². The normalized spacial score (nSPS) is 13.8. The molecule has 1 atom stereocenters. The lowest BCUT2D eigenvalue weighted by Crippen LogP contribution is -2.44. The number of nitrogens with one attached hydrogen (secondary N) is 1. The van der Waals surface area contributed by atoms with Gasteiger partial charge in [0.1, 0.15) is 18.4 Å². The minimum Gasteiger partial charge on any atom is -0.543 e. The van der Waals surface area contributed by atoms with Gasteiger partial charge in [-0.1, -0.05) is 75.4 Å². The number of carboxylic acid groups (broad SMARTS) is 1. The molecule has 1 amide bonds. The Balaban J connectivity index is 1.40. The highest BCUT2D eigenvalue weighted by Crippen LogP contribution is 2.44. The average molecular weight is 644 g/mol. The summed E-state index contributed by atoms with van der Waals surface area (Å²) in [6.07, 6.45) is -0.609. The van der Waals surface area contributed by atoms with Crippen LogP contribution in [-0.4, -0.2) is 38.1 Å². The van der Waals surface area contributed by atoms with Crippen molar-refractivity contribution >= 4 is 43.0 Å². The lowest BCUT2D eigenvalue weighted by Gasteiger charge is -2.36. The second kappa shape index (κ2) is 11.1. The Morgan fingerprint density at radius 1 is 1.00 bits per heavy atom. The minimum absolute atomic E-state index is 0.0656. The second-order valence-corrected chi connectivity index (χ2v) is 17.1. The standard InChI is InChI=1S/C30H34INO5Si/c1-30(2,3)38(4,5)37-27-15-14-19(16-25(27)31)17-26(28(33)34)32-29(35)36-18-24-22-12-8-6-10-20(22)21-11-7-9-13-23(21)24/h6-16,24,26H,17-18H2,1-5H3,(H,32,35)(H,33,34)/t26-/m0/s1. The summed E-state index contributed by atoms with van der Waals surface area (Å²) in [5, 5.41) is 12.4. The van der Waals surface area contributed by atoms with Gasteiger partial charge in [0.2, 0.25) is 0 Å². The molecule has 0 unspecified atom stereocenters. The van der Waals surface area contributed by atoms with Crippen molar-refractivity contribution in [2.24, 2.45) is 0 Å². The van der Waals surface area contributed by atoms with Gasteiger partial charge in [0, 0.05) is 12.3 Å².